The molecule has 0 aromatic carbocycles. The minimum absolute atomic E-state index is 0.894. The maximum Gasteiger partial charge on any atom is -0.0440 e. The molecule has 0 aliphatic rings. The summed E-state index contributed by atoms with van der Waals surface area (Å²) >= 11 is 0. The van der Waals surface area contributed by atoms with Crippen molar-refractivity contribution in [3.8, 4) is 0 Å². The van der Waals surface area contributed by atoms with Crippen molar-refractivity contribution in [2.24, 2.45) is 17.8 Å². The van der Waals surface area contributed by atoms with Crippen LogP contribution >= 0.6 is 0 Å². The standard InChI is InChI=1S/C17H36/c1-6-16(4)14-17(5)13-11-9-7-8-10-12-15(2)3/h15-17H,6-14H2,1-5H3. The zero-order valence-corrected chi connectivity index (χ0v) is 13.1. The molecule has 0 aliphatic carbocycles. The molecule has 2 atom stereocenters. The Balaban J connectivity index is 3.22. The van der Waals surface area contributed by atoms with Crippen molar-refractivity contribution in [1.29, 1.82) is 0 Å². The van der Waals surface area contributed by atoms with E-state index in [0.29, 0.717) is 0 Å². The maximum atomic E-state index is 2.44. The van der Waals surface area contributed by atoms with Crippen LogP contribution in [0.15, 0.2) is 0 Å². The van der Waals surface area contributed by atoms with Gasteiger partial charge in [0.15, 0.2) is 0 Å². The molecule has 0 radical (unpaired) electrons. The lowest BCUT2D eigenvalue weighted by atomic mass is 9.91. The third-order valence-electron chi connectivity index (χ3n) is 3.98. The normalized spacial score (nSPS) is 15.2. The Hall–Kier alpha value is 0. The van der Waals surface area contributed by atoms with Crippen LogP contribution in [0.4, 0.5) is 0 Å². The molecule has 0 saturated carbocycles. The first-order chi connectivity index (χ1) is 8.06. The fourth-order valence-electron chi connectivity index (χ4n) is 2.55. The van der Waals surface area contributed by atoms with Crippen molar-refractivity contribution in [2.45, 2.75) is 92.4 Å². The van der Waals surface area contributed by atoms with Crippen LogP contribution in [0.5, 0.6) is 0 Å². The fraction of sp³-hybridized carbons (Fsp3) is 1.00. The predicted molar refractivity (Wildman–Crippen MR) is 80.4 cm³/mol. The highest BCUT2D eigenvalue weighted by Crippen LogP contribution is 2.20. The van der Waals surface area contributed by atoms with Crippen LogP contribution in [0.25, 0.3) is 0 Å². The van der Waals surface area contributed by atoms with Gasteiger partial charge in [-0.25, -0.2) is 0 Å². The summed E-state index contributed by atoms with van der Waals surface area (Å²) in [6, 6.07) is 0. The summed E-state index contributed by atoms with van der Waals surface area (Å²) in [7, 11) is 0. The van der Waals surface area contributed by atoms with Crippen LogP contribution in [0, 0.1) is 17.8 Å². The zero-order valence-electron chi connectivity index (χ0n) is 13.1. The van der Waals surface area contributed by atoms with Crippen molar-refractivity contribution in [2.75, 3.05) is 0 Å². The van der Waals surface area contributed by atoms with E-state index in [9.17, 15) is 0 Å². The lowest BCUT2D eigenvalue weighted by molar-refractivity contribution is 0.373. The molecule has 0 bridgehead atoms. The Morgan fingerprint density at radius 1 is 0.647 bits per heavy atom. The van der Waals surface area contributed by atoms with E-state index in [1.165, 1.54) is 57.8 Å². The SMILES string of the molecule is CCC(C)CC(C)CCCCCCCC(C)C. The zero-order chi connectivity index (χ0) is 13.1. The van der Waals surface area contributed by atoms with E-state index in [2.05, 4.69) is 34.6 Å². The monoisotopic (exact) mass is 240 g/mol. The van der Waals surface area contributed by atoms with Gasteiger partial charge in [-0.3, -0.25) is 0 Å². The van der Waals surface area contributed by atoms with E-state index in [1.807, 2.05) is 0 Å². The van der Waals surface area contributed by atoms with Crippen LogP contribution in [0.3, 0.4) is 0 Å². The summed E-state index contributed by atoms with van der Waals surface area (Å²) < 4.78 is 0. The summed E-state index contributed by atoms with van der Waals surface area (Å²) in [6.07, 6.45) is 12.9. The van der Waals surface area contributed by atoms with Gasteiger partial charge in [0, 0.05) is 0 Å². The van der Waals surface area contributed by atoms with Gasteiger partial charge in [0.2, 0.25) is 0 Å². The van der Waals surface area contributed by atoms with E-state index in [4.69, 9.17) is 0 Å². The molecular weight excluding hydrogens is 204 g/mol. The van der Waals surface area contributed by atoms with Gasteiger partial charge in [0.25, 0.3) is 0 Å². The van der Waals surface area contributed by atoms with E-state index in [0.717, 1.165) is 17.8 Å². The molecule has 0 saturated heterocycles. The highest BCUT2D eigenvalue weighted by atomic mass is 14.1. The minimum atomic E-state index is 0.894. The van der Waals surface area contributed by atoms with Gasteiger partial charge >= 0.3 is 0 Å². The number of hydrogen-bond donors (Lipinski definition) is 0. The van der Waals surface area contributed by atoms with Crippen LogP contribution in [0.1, 0.15) is 92.4 Å². The summed E-state index contributed by atoms with van der Waals surface area (Å²) in [5, 5.41) is 0. The molecule has 0 heterocycles. The molecule has 0 aromatic rings. The molecule has 0 nitrogen and oxygen atoms in total. The van der Waals surface area contributed by atoms with Gasteiger partial charge in [-0.05, 0) is 24.2 Å². The second kappa shape index (κ2) is 11.1. The molecule has 2 unspecified atom stereocenters. The van der Waals surface area contributed by atoms with Crippen molar-refractivity contribution in [1.82, 2.24) is 0 Å². The highest BCUT2D eigenvalue weighted by Gasteiger charge is 2.06. The van der Waals surface area contributed by atoms with Crippen LogP contribution in [-0.4, -0.2) is 0 Å². The topological polar surface area (TPSA) is 0 Å². The van der Waals surface area contributed by atoms with E-state index in [-0.39, 0.29) is 0 Å². The molecule has 0 N–H and O–H groups in total. The first kappa shape index (κ1) is 17.0. The Morgan fingerprint density at radius 3 is 1.71 bits per heavy atom. The van der Waals surface area contributed by atoms with Crippen LogP contribution < -0.4 is 0 Å². The largest absolute Gasteiger partial charge is 0.0651 e. The van der Waals surface area contributed by atoms with Crippen LogP contribution in [-0.2, 0) is 0 Å². The third-order valence-corrected chi connectivity index (χ3v) is 3.98. The second-order valence-electron chi connectivity index (χ2n) is 6.59. The summed E-state index contributed by atoms with van der Waals surface area (Å²) in [5.74, 6) is 2.77. The summed E-state index contributed by atoms with van der Waals surface area (Å²) in [5.41, 5.74) is 0. The molecule has 0 fully saturated rings. The summed E-state index contributed by atoms with van der Waals surface area (Å²) in [4.78, 5) is 0. The van der Waals surface area contributed by atoms with Crippen molar-refractivity contribution >= 4 is 0 Å². The second-order valence-corrected chi connectivity index (χ2v) is 6.59. The average Bonchev–Trinajstić information content (AvgIpc) is 2.27. The molecule has 0 rings (SSSR count). The van der Waals surface area contributed by atoms with Crippen molar-refractivity contribution in [3.63, 3.8) is 0 Å². The quantitative estimate of drug-likeness (QED) is 0.364. The first-order valence-electron chi connectivity index (χ1n) is 8.06. The lowest BCUT2D eigenvalue weighted by Gasteiger charge is -2.15. The van der Waals surface area contributed by atoms with Gasteiger partial charge in [0.1, 0.15) is 0 Å². The van der Waals surface area contributed by atoms with Gasteiger partial charge in [-0.15, -0.1) is 0 Å². The van der Waals surface area contributed by atoms with E-state index >= 15 is 0 Å². The highest BCUT2D eigenvalue weighted by molar-refractivity contribution is 4.59. The van der Waals surface area contributed by atoms with Crippen LogP contribution in [0.2, 0.25) is 0 Å². The van der Waals surface area contributed by atoms with Gasteiger partial charge in [-0.1, -0.05) is 86.0 Å². The first-order valence-corrected chi connectivity index (χ1v) is 8.06. The molecule has 0 spiro atoms. The molecule has 0 aromatic heterocycles. The molecule has 0 aliphatic heterocycles. The third kappa shape index (κ3) is 12.2. The Morgan fingerprint density at radius 2 is 1.18 bits per heavy atom. The van der Waals surface area contributed by atoms with Gasteiger partial charge in [-0.2, -0.15) is 0 Å². The van der Waals surface area contributed by atoms with Gasteiger partial charge in [0.05, 0.1) is 0 Å². The Kier molecular flexibility index (Phi) is 11.1. The number of unbranched alkanes of at least 4 members (excludes halogenated alkanes) is 4. The smallest absolute Gasteiger partial charge is 0.0440 e. The Labute approximate surface area is 111 Å². The predicted octanol–water partition coefficient (Wildman–Crippen LogP) is 6.45. The minimum Gasteiger partial charge on any atom is -0.0651 e. The maximum absolute atomic E-state index is 2.44. The van der Waals surface area contributed by atoms with Gasteiger partial charge < -0.3 is 0 Å². The molecule has 0 amide bonds. The van der Waals surface area contributed by atoms with Crippen molar-refractivity contribution in [3.05, 3.63) is 0 Å². The molecule has 17 heavy (non-hydrogen) atoms. The Bertz CT molecular complexity index is 148. The van der Waals surface area contributed by atoms with E-state index in [1.54, 1.807) is 0 Å². The molecule has 0 heteroatoms. The van der Waals surface area contributed by atoms with E-state index < -0.39 is 0 Å². The average molecular weight is 240 g/mol. The summed E-state index contributed by atoms with van der Waals surface area (Å²) in [6.45, 7) is 11.8. The molecular formula is C17H36. The molecule has 104 valence electrons. The lowest BCUT2D eigenvalue weighted by Crippen LogP contribution is -2.02. The van der Waals surface area contributed by atoms with Crippen molar-refractivity contribution < 1.29 is 0 Å². The number of rotatable bonds is 11. The fourth-order valence-corrected chi connectivity index (χ4v) is 2.55. The number of hydrogen-bond acceptors (Lipinski definition) is 0.